The summed E-state index contributed by atoms with van der Waals surface area (Å²) in [7, 11) is 1.77. The van der Waals surface area contributed by atoms with Crippen molar-refractivity contribution >= 4 is 16.7 Å². The van der Waals surface area contributed by atoms with Crippen molar-refractivity contribution in [2.24, 2.45) is 0 Å². The molecule has 2 aromatic rings. The van der Waals surface area contributed by atoms with Crippen molar-refractivity contribution in [3.63, 3.8) is 0 Å². The predicted octanol–water partition coefficient (Wildman–Crippen LogP) is 4.66. The molecular weight excluding hydrogens is 276 g/mol. The van der Waals surface area contributed by atoms with Crippen LogP contribution in [0.4, 0.5) is 0 Å². The van der Waals surface area contributed by atoms with Crippen LogP contribution in [-0.2, 0) is 9.53 Å². The Labute approximate surface area is 130 Å². The molecule has 0 heterocycles. The van der Waals surface area contributed by atoms with Crippen LogP contribution in [0.5, 0.6) is 0 Å². The minimum absolute atomic E-state index is 0.162. The zero-order valence-electron chi connectivity index (χ0n) is 12.9. The summed E-state index contributed by atoms with van der Waals surface area (Å²) in [6.07, 6.45) is 4.17. The Morgan fingerprint density at radius 1 is 1.23 bits per heavy atom. The first kappa shape index (κ1) is 15.0. The van der Waals surface area contributed by atoms with E-state index in [4.69, 9.17) is 9.84 Å². The van der Waals surface area contributed by atoms with Gasteiger partial charge in [0, 0.05) is 13.5 Å². The number of hydrogen-bond donors (Lipinski definition) is 1. The van der Waals surface area contributed by atoms with Gasteiger partial charge in [0.15, 0.2) is 0 Å². The first-order valence-corrected chi connectivity index (χ1v) is 7.97. The molecule has 0 fully saturated rings. The van der Waals surface area contributed by atoms with E-state index >= 15 is 0 Å². The van der Waals surface area contributed by atoms with Gasteiger partial charge >= 0.3 is 5.97 Å². The van der Waals surface area contributed by atoms with E-state index in [0.717, 1.165) is 25.7 Å². The number of ether oxygens (including phenoxy) is 1. The lowest BCUT2D eigenvalue weighted by Gasteiger charge is -2.32. The molecular formula is C19H22O3. The number of rotatable bonds is 5. The van der Waals surface area contributed by atoms with E-state index in [1.807, 2.05) is 0 Å². The maximum atomic E-state index is 10.8. The Kier molecular flexibility index (Phi) is 4.44. The molecule has 3 nitrogen and oxygen atoms in total. The van der Waals surface area contributed by atoms with Crippen LogP contribution in [0.2, 0.25) is 0 Å². The van der Waals surface area contributed by atoms with Gasteiger partial charge in [-0.25, -0.2) is 0 Å². The van der Waals surface area contributed by atoms with E-state index in [9.17, 15) is 4.79 Å². The quantitative estimate of drug-likeness (QED) is 0.873. The Hall–Kier alpha value is -1.87. The molecule has 0 saturated heterocycles. The van der Waals surface area contributed by atoms with E-state index in [0.29, 0.717) is 5.92 Å². The fourth-order valence-corrected chi connectivity index (χ4v) is 3.73. The van der Waals surface area contributed by atoms with Crippen LogP contribution in [0.25, 0.3) is 10.8 Å². The average Bonchev–Trinajstić information content (AvgIpc) is 2.54. The van der Waals surface area contributed by atoms with Crippen molar-refractivity contribution in [1.82, 2.24) is 0 Å². The van der Waals surface area contributed by atoms with Crippen LogP contribution in [0, 0.1) is 0 Å². The zero-order valence-corrected chi connectivity index (χ0v) is 12.9. The van der Waals surface area contributed by atoms with Crippen LogP contribution in [0.15, 0.2) is 36.4 Å². The molecule has 3 rings (SSSR count). The third-order valence-corrected chi connectivity index (χ3v) is 4.76. The number of hydrogen-bond acceptors (Lipinski definition) is 2. The topological polar surface area (TPSA) is 46.5 Å². The van der Waals surface area contributed by atoms with Crippen molar-refractivity contribution in [3.8, 4) is 0 Å². The third-order valence-electron chi connectivity index (χ3n) is 4.76. The van der Waals surface area contributed by atoms with Crippen LogP contribution in [0.1, 0.15) is 55.3 Å². The Bertz CT molecular complexity index is 677. The van der Waals surface area contributed by atoms with Crippen LogP contribution < -0.4 is 0 Å². The summed E-state index contributed by atoms with van der Waals surface area (Å²) in [5.74, 6) is -0.268. The van der Waals surface area contributed by atoms with Crippen LogP contribution in [0.3, 0.4) is 0 Å². The maximum absolute atomic E-state index is 10.8. The van der Waals surface area contributed by atoms with Crippen molar-refractivity contribution in [2.75, 3.05) is 7.11 Å². The second kappa shape index (κ2) is 6.49. The summed E-state index contributed by atoms with van der Waals surface area (Å²) in [5.41, 5.74) is 2.66. The van der Waals surface area contributed by atoms with Crippen LogP contribution in [-0.4, -0.2) is 18.2 Å². The number of carboxylic acid groups (broad SMARTS) is 1. The minimum Gasteiger partial charge on any atom is -0.481 e. The molecule has 0 amide bonds. The summed E-state index contributed by atoms with van der Waals surface area (Å²) in [5, 5.41) is 11.4. The summed E-state index contributed by atoms with van der Waals surface area (Å²) < 4.78 is 5.66. The first-order chi connectivity index (χ1) is 10.7. The number of aliphatic carboxylic acids is 1. The van der Waals surface area contributed by atoms with Gasteiger partial charge in [0.1, 0.15) is 0 Å². The second-order valence-corrected chi connectivity index (χ2v) is 6.07. The number of fused-ring (bicyclic) bond motifs is 3. The SMILES string of the molecule is COC1CCC(CCCC(=O)O)c2c1ccc1ccccc21. The fraction of sp³-hybridized carbons (Fsp3) is 0.421. The lowest BCUT2D eigenvalue weighted by molar-refractivity contribution is -0.137. The Morgan fingerprint density at radius 3 is 2.82 bits per heavy atom. The minimum atomic E-state index is -0.705. The second-order valence-electron chi connectivity index (χ2n) is 6.07. The van der Waals surface area contributed by atoms with Gasteiger partial charge in [0.25, 0.3) is 0 Å². The van der Waals surface area contributed by atoms with E-state index in [1.165, 1.54) is 21.9 Å². The molecule has 2 atom stereocenters. The van der Waals surface area contributed by atoms with Crippen LogP contribution >= 0.6 is 0 Å². The number of methoxy groups -OCH3 is 1. The van der Waals surface area contributed by atoms with Gasteiger partial charge in [0.05, 0.1) is 6.10 Å². The molecule has 2 unspecified atom stereocenters. The molecule has 116 valence electrons. The summed E-state index contributed by atoms with van der Waals surface area (Å²) in [6.45, 7) is 0. The van der Waals surface area contributed by atoms with Crippen molar-refractivity contribution < 1.29 is 14.6 Å². The predicted molar refractivity (Wildman–Crippen MR) is 87.2 cm³/mol. The molecule has 0 aliphatic heterocycles. The zero-order chi connectivity index (χ0) is 15.5. The molecule has 0 saturated carbocycles. The van der Waals surface area contributed by atoms with Gasteiger partial charge in [0.2, 0.25) is 0 Å². The normalized spacial score (nSPS) is 20.8. The Morgan fingerprint density at radius 2 is 2.05 bits per heavy atom. The van der Waals surface area contributed by atoms with Gasteiger partial charge in [-0.05, 0) is 53.5 Å². The van der Waals surface area contributed by atoms with Gasteiger partial charge in [-0.3, -0.25) is 4.79 Å². The molecule has 3 heteroatoms. The highest BCUT2D eigenvalue weighted by Gasteiger charge is 2.28. The molecule has 1 aliphatic carbocycles. The summed E-state index contributed by atoms with van der Waals surface area (Å²) in [6, 6.07) is 12.8. The lowest BCUT2D eigenvalue weighted by atomic mass is 9.76. The van der Waals surface area contributed by atoms with Gasteiger partial charge in [-0.1, -0.05) is 36.4 Å². The highest BCUT2D eigenvalue weighted by atomic mass is 16.5. The van der Waals surface area contributed by atoms with E-state index in [1.54, 1.807) is 7.11 Å². The molecule has 0 bridgehead atoms. The smallest absolute Gasteiger partial charge is 0.303 e. The van der Waals surface area contributed by atoms with Gasteiger partial charge < -0.3 is 9.84 Å². The number of benzene rings is 2. The van der Waals surface area contributed by atoms with Crippen molar-refractivity contribution in [3.05, 3.63) is 47.5 Å². The monoisotopic (exact) mass is 298 g/mol. The molecule has 1 aliphatic rings. The Balaban J connectivity index is 1.99. The highest BCUT2D eigenvalue weighted by Crippen LogP contribution is 2.44. The van der Waals surface area contributed by atoms with Gasteiger partial charge in [-0.15, -0.1) is 0 Å². The van der Waals surface area contributed by atoms with E-state index in [2.05, 4.69) is 36.4 Å². The molecule has 0 aromatic heterocycles. The largest absolute Gasteiger partial charge is 0.481 e. The maximum Gasteiger partial charge on any atom is 0.303 e. The molecule has 1 N–H and O–H groups in total. The molecule has 22 heavy (non-hydrogen) atoms. The van der Waals surface area contributed by atoms with E-state index < -0.39 is 5.97 Å². The van der Waals surface area contributed by atoms with Crippen molar-refractivity contribution in [2.45, 2.75) is 44.1 Å². The summed E-state index contributed by atoms with van der Waals surface area (Å²) >= 11 is 0. The number of carboxylic acids is 1. The summed E-state index contributed by atoms with van der Waals surface area (Å²) in [4.78, 5) is 10.8. The first-order valence-electron chi connectivity index (χ1n) is 7.97. The molecule has 0 radical (unpaired) electrons. The van der Waals surface area contributed by atoms with Crippen molar-refractivity contribution in [1.29, 1.82) is 0 Å². The number of carbonyl (C=O) groups is 1. The molecule has 0 spiro atoms. The standard InChI is InChI=1S/C19H22O3/c1-22-17-12-10-14(6-4-8-18(20)21)19-15-7-3-2-5-13(15)9-11-16(17)19/h2-3,5,7,9,11,14,17H,4,6,8,10,12H2,1H3,(H,20,21). The fourth-order valence-electron chi connectivity index (χ4n) is 3.73. The average molecular weight is 298 g/mol. The highest BCUT2D eigenvalue weighted by molar-refractivity contribution is 5.87. The lowest BCUT2D eigenvalue weighted by Crippen LogP contribution is -2.16. The molecule has 2 aromatic carbocycles. The van der Waals surface area contributed by atoms with E-state index in [-0.39, 0.29) is 12.5 Å². The van der Waals surface area contributed by atoms with Gasteiger partial charge in [-0.2, -0.15) is 0 Å². The third kappa shape index (κ3) is 2.86.